The van der Waals surface area contributed by atoms with Crippen molar-refractivity contribution in [2.24, 2.45) is 0 Å². The zero-order valence-electron chi connectivity index (χ0n) is 12.9. The second kappa shape index (κ2) is 8.41. The van der Waals surface area contributed by atoms with Crippen LogP contribution in [0.3, 0.4) is 0 Å². The molecule has 0 aliphatic carbocycles. The number of nitrogens with zero attached hydrogens (tertiary/aromatic N) is 1. The highest BCUT2D eigenvalue weighted by Gasteiger charge is 2.13. The molecule has 1 saturated heterocycles. The van der Waals surface area contributed by atoms with Crippen LogP contribution in [0.4, 0.5) is 4.79 Å². The number of hydrogen-bond donors (Lipinski definition) is 2. The van der Waals surface area contributed by atoms with Gasteiger partial charge in [0.25, 0.3) is 0 Å². The summed E-state index contributed by atoms with van der Waals surface area (Å²) in [7, 11) is 0. The van der Waals surface area contributed by atoms with Gasteiger partial charge in [-0.05, 0) is 30.5 Å². The summed E-state index contributed by atoms with van der Waals surface area (Å²) in [6.07, 6.45) is 7.07. The third-order valence-corrected chi connectivity index (χ3v) is 4.04. The van der Waals surface area contributed by atoms with Crippen LogP contribution >= 0.6 is 0 Å². The molecule has 120 valence electrons. The van der Waals surface area contributed by atoms with Crippen molar-refractivity contribution in [1.82, 2.24) is 10.2 Å². The molecule has 1 heterocycles. The monoisotopic (exact) mass is 304 g/mol. The molecule has 1 aromatic carbocycles. The van der Waals surface area contributed by atoms with Gasteiger partial charge in [-0.3, -0.25) is 0 Å². The van der Waals surface area contributed by atoms with Crippen molar-refractivity contribution in [3.63, 3.8) is 0 Å². The predicted molar refractivity (Wildman–Crippen MR) is 84.9 cm³/mol. The first-order valence-electron chi connectivity index (χ1n) is 8.02. The molecular formula is C17H24N2O3. The fourth-order valence-electron chi connectivity index (χ4n) is 2.68. The van der Waals surface area contributed by atoms with Crippen molar-refractivity contribution in [2.45, 2.75) is 45.1 Å². The van der Waals surface area contributed by atoms with Crippen LogP contribution < -0.4 is 5.32 Å². The van der Waals surface area contributed by atoms with Gasteiger partial charge in [0.2, 0.25) is 0 Å². The number of carboxylic acids is 1. The Hall–Kier alpha value is -2.04. The Balaban J connectivity index is 1.83. The van der Waals surface area contributed by atoms with E-state index in [2.05, 4.69) is 5.32 Å². The Labute approximate surface area is 131 Å². The molecule has 22 heavy (non-hydrogen) atoms. The second-order valence-corrected chi connectivity index (χ2v) is 5.77. The number of aromatic carboxylic acids is 1. The number of urea groups is 1. The van der Waals surface area contributed by atoms with Crippen molar-refractivity contribution in [2.75, 3.05) is 13.1 Å². The minimum absolute atomic E-state index is 0.0239. The van der Waals surface area contributed by atoms with Crippen LogP contribution in [0.1, 0.15) is 54.4 Å². The van der Waals surface area contributed by atoms with Crippen LogP contribution in [0.5, 0.6) is 0 Å². The van der Waals surface area contributed by atoms with Crippen molar-refractivity contribution >= 4 is 12.0 Å². The molecule has 0 aromatic heterocycles. The number of hydrogen-bond acceptors (Lipinski definition) is 2. The van der Waals surface area contributed by atoms with Gasteiger partial charge in [-0.15, -0.1) is 0 Å². The molecule has 1 fully saturated rings. The molecular weight excluding hydrogens is 280 g/mol. The number of carboxylic acid groups (broad SMARTS) is 1. The Morgan fingerprint density at radius 2 is 1.50 bits per heavy atom. The minimum atomic E-state index is -0.938. The molecule has 0 saturated carbocycles. The number of benzene rings is 1. The summed E-state index contributed by atoms with van der Waals surface area (Å²) in [4.78, 5) is 24.9. The molecule has 0 unspecified atom stereocenters. The third kappa shape index (κ3) is 5.06. The Kier molecular flexibility index (Phi) is 6.25. The van der Waals surface area contributed by atoms with Gasteiger partial charge in [0.15, 0.2) is 0 Å². The molecule has 2 amide bonds. The van der Waals surface area contributed by atoms with Gasteiger partial charge in [0.05, 0.1) is 5.56 Å². The van der Waals surface area contributed by atoms with Crippen LogP contribution in [-0.2, 0) is 6.54 Å². The summed E-state index contributed by atoms with van der Waals surface area (Å²) in [5.74, 6) is -0.938. The molecule has 1 aliphatic rings. The Morgan fingerprint density at radius 3 is 2.05 bits per heavy atom. The quantitative estimate of drug-likeness (QED) is 0.900. The number of carbonyl (C=O) groups is 2. The van der Waals surface area contributed by atoms with E-state index in [0.717, 1.165) is 31.5 Å². The first-order chi connectivity index (χ1) is 10.7. The molecule has 1 aliphatic heterocycles. The largest absolute Gasteiger partial charge is 0.478 e. The highest BCUT2D eigenvalue weighted by atomic mass is 16.4. The summed E-state index contributed by atoms with van der Waals surface area (Å²) in [6.45, 7) is 2.07. The summed E-state index contributed by atoms with van der Waals surface area (Å²) < 4.78 is 0. The first-order valence-corrected chi connectivity index (χ1v) is 8.02. The average molecular weight is 304 g/mol. The van der Waals surface area contributed by atoms with Gasteiger partial charge in [-0.2, -0.15) is 0 Å². The fourth-order valence-corrected chi connectivity index (χ4v) is 2.68. The highest BCUT2D eigenvalue weighted by Crippen LogP contribution is 2.11. The highest BCUT2D eigenvalue weighted by molar-refractivity contribution is 5.87. The van der Waals surface area contributed by atoms with E-state index in [4.69, 9.17) is 5.11 Å². The lowest BCUT2D eigenvalue weighted by molar-refractivity contribution is 0.0697. The summed E-state index contributed by atoms with van der Waals surface area (Å²) in [6, 6.07) is 6.57. The van der Waals surface area contributed by atoms with Gasteiger partial charge < -0.3 is 15.3 Å². The van der Waals surface area contributed by atoms with Crippen molar-refractivity contribution < 1.29 is 14.7 Å². The molecule has 0 radical (unpaired) electrons. The van der Waals surface area contributed by atoms with Crippen LogP contribution in [0.25, 0.3) is 0 Å². The molecule has 2 N–H and O–H groups in total. The van der Waals surface area contributed by atoms with E-state index in [1.807, 2.05) is 4.90 Å². The van der Waals surface area contributed by atoms with E-state index in [1.54, 1.807) is 24.3 Å². The van der Waals surface area contributed by atoms with E-state index in [1.165, 1.54) is 25.7 Å². The maximum Gasteiger partial charge on any atom is 0.335 e. The van der Waals surface area contributed by atoms with E-state index in [-0.39, 0.29) is 11.6 Å². The average Bonchev–Trinajstić information content (AvgIpc) is 2.66. The summed E-state index contributed by atoms with van der Waals surface area (Å²) >= 11 is 0. The normalized spacial score (nSPS) is 16.3. The molecule has 0 bridgehead atoms. The van der Waals surface area contributed by atoms with Gasteiger partial charge in [-0.25, -0.2) is 9.59 Å². The van der Waals surface area contributed by atoms with Crippen LogP contribution in [0.2, 0.25) is 0 Å². The first kappa shape index (κ1) is 16.3. The van der Waals surface area contributed by atoms with Crippen LogP contribution in [0, 0.1) is 0 Å². The van der Waals surface area contributed by atoms with Gasteiger partial charge in [0, 0.05) is 19.6 Å². The van der Waals surface area contributed by atoms with E-state index in [0.29, 0.717) is 6.54 Å². The second-order valence-electron chi connectivity index (χ2n) is 5.77. The zero-order valence-corrected chi connectivity index (χ0v) is 12.9. The SMILES string of the molecule is O=C(O)c1ccc(CNC(=O)N2CCCCCCCC2)cc1. The zero-order chi connectivity index (χ0) is 15.8. The van der Waals surface area contributed by atoms with Crippen molar-refractivity contribution in [3.05, 3.63) is 35.4 Å². The molecule has 5 nitrogen and oxygen atoms in total. The lowest BCUT2D eigenvalue weighted by Gasteiger charge is -2.22. The molecule has 2 rings (SSSR count). The van der Waals surface area contributed by atoms with Gasteiger partial charge in [0.1, 0.15) is 0 Å². The fraction of sp³-hybridized carbons (Fsp3) is 0.529. The Bertz CT molecular complexity index is 489. The Morgan fingerprint density at radius 1 is 0.955 bits per heavy atom. The lowest BCUT2D eigenvalue weighted by atomic mass is 10.1. The molecule has 0 atom stereocenters. The number of nitrogens with one attached hydrogen (secondary N) is 1. The maximum absolute atomic E-state index is 12.2. The van der Waals surface area contributed by atoms with Crippen LogP contribution in [-0.4, -0.2) is 35.1 Å². The van der Waals surface area contributed by atoms with Gasteiger partial charge in [-0.1, -0.05) is 37.8 Å². The van der Waals surface area contributed by atoms with Crippen molar-refractivity contribution in [3.8, 4) is 0 Å². The summed E-state index contributed by atoms with van der Waals surface area (Å²) in [5.41, 5.74) is 1.16. The molecule has 1 aromatic rings. The number of carbonyl (C=O) groups excluding carboxylic acids is 1. The lowest BCUT2D eigenvalue weighted by Crippen LogP contribution is -2.40. The van der Waals surface area contributed by atoms with E-state index >= 15 is 0 Å². The van der Waals surface area contributed by atoms with Gasteiger partial charge >= 0.3 is 12.0 Å². The third-order valence-electron chi connectivity index (χ3n) is 4.04. The summed E-state index contributed by atoms with van der Waals surface area (Å²) in [5, 5.41) is 11.8. The maximum atomic E-state index is 12.2. The molecule has 5 heteroatoms. The topological polar surface area (TPSA) is 69.6 Å². The number of rotatable bonds is 3. The van der Waals surface area contributed by atoms with E-state index in [9.17, 15) is 9.59 Å². The standard InChI is InChI=1S/C17H24N2O3/c20-16(21)15-9-7-14(8-10-15)13-18-17(22)19-11-5-3-1-2-4-6-12-19/h7-10H,1-6,11-13H2,(H,18,22)(H,20,21). The number of amides is 2. The van der Waals surface area contributed by atoms with Crippen LogP contribution in [0.15, 0.2) is 24.3 Å². The predicted octanol–water partition coefficient (Wildman–Crippen LogP) is 3.25. The van der Waals surface area contributed by atoms with E-state index < -0.39 is 5.97 Å². The molecule has 0 spiro atoms. The smallest absolute Gasteiger partial charge is 0.335 e. The minimum Gasteiger partial charge on any atom is -0.478 e. The van der Waals surface area contributed by atoms with Crippen molar-refractivity contribution in [1.29, 1.82) is 0 Å².